The molecule has 0 unspecified atom stereocenters. The molecule has 0 aliphatic carbocycles. The maximum absolute atomic E-state index is 12.0. The van der Waals surface area contributed by atoms with Gasteiger partial charge in [-0.25, -0.2) is 19.0 Å². The average molecular weight is 320 g/mol. The molecule has 0 aromatic carbocycles. The molecule has 0 saturated heterocycles. The third kappa shape index (κ3) is 2.68. The number of nitrogens with zero attached hydrogens (tertiary/aromatic N) is 3. The average Bonchev–Trinajstić information content (AvgIpc) is 2.95. The van der Waals surface area contributed by atoms with E-state index in [1.807, 2.05) is 4.72 Å². The van der Waals surface area contributed by atoms with Gasteiger partial charge in [-0.3, -0.25) is 10.1 Å². The lowest BCUT2D eigenvalue weighted by Gasteiger charge is -1.99. The van der Waals surface area contributed by atoms with Crippen LogP contribution in [0.15, 0.2) is 14.8 Å². The van der Waals surface area contributed by atoms with Crippen LogP contribution in [0, 0.1) is 17.0 Å². The summed E-state index contributed by atoms with van der Waals surface area (Å²) >= 11 is 0.603. The number of aryl methyl sites for hydroxylation is 1. The van der Waals surface area contributed by atoms with Crippen LogP contribution in [-0.2, 0) is 10.0 Å². The number of nitrogen functional groups attached to an aromatic ring is 1. The molecule has 2 rings (SSSR count). The first-order valence-corrected chi connectivity index (χ1v) is 7.21. The van der Waals surface area contributed by atoms with Crippen LogP contribution in [0.25, 0.3) is 0 Å². The number of sulfonamides is 1. The van der Waals surface area contributed by atoms with Crippen molar-refractivity contribution in [2.75, 3.05) is 10.1 Å². The number of hydrazine groups is 1. The molecule has 0 saturated carbocycles. The van der Waals surface area contributed by atoms with Gasteiger partial charge in [0.1, 0.15) is 4.21 Å². The van der Waals surface area contributed by atoms with Crippen LogP contribution in [0.4, 0.5) is 16.7 Å². The predicted octanol–water partition coefficient (Wildman–Crippen LogP) is 0.434. The maximum atomic E-state index is 12.0. The first-order chi connectivity index (χ1) is 9.33. The number of aromatic nitrogens is 2. The molecule has 0 aliphatic heterocycles. The largest absolute Gasteiger partial charge is 0.335 e. The Morgan fingerprint density at radius 2 is 2.25 bits per heavy atom. The minimum atomic E-state index is -4.07. The molecule has 108 valence electrons. The quantitative estimate of drug-likeness (QED) is 0.402. The number of hydrogen-bond donors (Lipinski definition) is 3. The van der Waals surface area contributed by atoms with Gasteiger partial charge in [0.05, 0.1) is 4.92 Å². The normalized spacial score (nSPS) is 11.3. The fraction of sp³-hybridized carbons (Fsp3) is 0.143. The smallest absolute Gasteiger partial charge is 0.314 e. The van der Waals surface area contributed by atoms with Crippen molar-refractivity contribution in [1.82, 2.24) is 10.1 Å². The second kappa shape index (κ2) is 5.03. The third-order valence-electron chi connectivity index (χ3n) is 2.03. The van der Waals surface area contributed by atoms with E-state index >= 15 is 0 Å². The zero-order valence-corrected chi connectivity index (χ0v) is 11.5. The Labute approximate surface area is 116 Å². The molecule has 2 aromatic rings. The summed E-state index contributed by atoms with van der Waals surface area (Å²) in [6, 6.07) is 0.548. The van der Waals surface area contributed by atoms with Crippen LogP contribution < -0.4 is 16.0 Å². The highest BCUT2D eigenvalue weighted by atomic mass is 32.2. The summed E-state index contributed by atoms with van der Waals surface area (Å²) in [4.78, 5) is 13.7. The summed E-state index contributed by atoms with van der Waals surface area (Å²) in [6.07, 6.45) is 0. The van der Waals surface area contributed by atoms with Crippen molar-refractivity contribution in [3.8, 4) is 0 Å². The predicted molar refractivity (Wildman–Crippen MR) is 68.6 cm³/mol. The summed E-state index contributed by atoms with van der Waals surface area (Å²) < 4.78 is 30.3. The molecule has 0 atom stereocenters. The van der Waals surface area contributed by atoms with E-state index in [4.69, 9.17) is 5.84 Å². The summed E-state index contributed by atoms with van der Waals surface area (Å²) in [7, 11) is -4.07. The molecule has 4 N–H and O–H groups in total. The summed E-state index contributed by atoms with van der Waals surface area (Å²) in [5.41, 5.74) is 1.63. The molecule has 0 amide bonds. The third-order valence-corrected chi connectivity index (χ3v) is 4.88. The number of nitrogens with two attached hydrogens (primary N) is 1. The second-order valence-electron chi connectivity index (χ2n) is 3.43. The van der Waals surface area contributed by atoms with Crippen molar-refractivity contribution in [1.29, 1.82) is 0 Å². The van der Waals surface area contributed by atoms with Crippen molar-refractivity contribution in [2.45, 2.75) is 11.1 Å². The first-order valence-electron chi connectivity index (χ1n) is 4.91. The van der Waals surface area contributed by atoms with E-state index in [9.17, 15) is 18.5 Å². The van der Waals surface area contributed by atoms with Crippen LogP contribution in [0.5, 0.6) is 0 Å². The van der Waals surface area contributed by atoms with Crippen LogP contribution in [0.2, 0.25) is 0 Å². The maximum Gasteiger partial charge on any atom is 0.335 e. The molecule has 0 aliphatic rings. The van der Waals surface area contributed by atoms with Crippen molar-refractivity contribution < 1.29 is 17.9 Å². The van der Waals surface area contributed by atoms with Gasteiger partial charge in [-0.15, -0.1) is 0 Å². The molecule has 0 spiro atoms. The topological polar surface area (TPSA) is 166 Å². The molecule has 2 heterocycles. The Morgan fingerprint density at radius 3 is 2.70 bits per heavy atom. The first kappa shape index (κ1) is 14.2. The van der Waals surface area contributed by atoms with E-state index < -0.39 is 20.6 Å². The summed E-state index contributed by atoms with van der Waals surface area (Å²) in [5, 5.41) is 14.1. The number of nitrogens with one attached hydrogen (secondary N) is 2. The molecule has 11 nitrogen and oxygen atoms in total. The van der Waals surface area contributed by atoms with E-state index in [0.717, 1.165) is 6.07 Å². The lowest BCUT2D eigenvalue weighted by molar-refractivity contribution is -0.383. The highest BCUT2D eigenvalue weighted by Gasteiger charge is 2.27. The SMILES string of the molecule is Cc1noc(NS(=O)(=O)c2cc([N+](=O)[O-])c(NN)s2)n1. The number of thiophene rings is 1. The molecular weight excluding hydrogens is 312 g/mol. The van der Waals surface area contributed by atoms with Gasteiger partial charge >= 0.3 is 11.7 Å². The molecule has 0 radical (unpaired) electrons. The lowest BCUT2D eigenvalue weighted by atomic mass is 10.5. The molecule has 0 bridgehead atoms. The molecule has 0 fully saturated rings. The van der Waals surface area contributed by atoms with E-state index in [0.29, 0.717) is 11.3 Å². The van der Waals surface area contributed by atoms with Crippen LogP contribution >= 0.6 is 11.3 Å². The highest BCUT2D eigenvalue weighted by molar-refractivity contribution is 7.94. The van der Waals surface area contributed by atoms with Crippen LogP contribution in [-0.4, -0.2) is 23.5 Å². The second-order valence-corrected chi connectivity index (χ2v) is 6.39. The number of rotatable bonds is 5. The van der Waals surface area contributed by atoms with Crippen molar-refractivity contribution >= 4 is 38.1 Å². The van der Waals surface area contributed by atoms with Gasteiger partial charge in [-0.1, -0.05) is 16.5 Å². The molecule has 20 heavy (non-hydrogen) atoms. The van der Waals surface area contributed by atoms with Gasteiger partial charge in [-0.05, 0) is 6.92 Å². The fourth-order valence-corrected chi connectivity index (χ4v) is 3.40. The van der Waals surface area contributed by atoms with E-state index in [1.54, 1.807) is 0 Å². The Balaban J connectivity index is 2.37. The standard InChI is InChI=1S/C7H8N6O5S2/c1-3-9-7(18-11-3)12-20(16,17)5-2-4(13(14)15)6(10-8)19-5/h2,10H,8H2,1H3,(H,9,11,12). The van der Waals surface area contributed by atoms with E-state index in [-0.39, 0.29) is 21.0 Å². The Bertz CT molecular complexity index is 750. The van der Waals surface area contributed by atoms with Crippen molar-refractivity contribution in [3.05, 3.63) is 22.0 Å². The summed E-state index contributed by atoms with van der Waals surface area (Å²) in [6.45, 7) is 1.51. The number of nitro groups is 1. The van der Waals surface area contributed by atoms with Crippen LogP contribution in [0.1, 0.15) is 5.82 Å². The number of hydrogen-bond acceptors (Lipinski definition) is 10. The zero-order chi connectivity index (χ0) is 14.9. The Kier molecular flexibility index (Phi) is 3.56. The Hall–Kier alpha value is -2.25. The van der Waals surface area contributed by atoms with Gasteiger partial charge in [0, 0.05) is 6.07 Å². The van der Waals surface area contributed by atoms with Gasteiger partial charge in [0.25, 0.3) is 10.0 Å². The van der Waals surface area contributed by atoms with Gasteiger partial charge < -0.3 is 9.95 Å². The lowest BCUT2D eigenvalue weighted by Crippen LogP contribution is -2.11. The zero-order valence-electron chi connectivity index (χ0n) is 9.85. The monoisotopic (exact) mass is 320 g/mol. The van der Waals surface area contributed by atoms with Crippen molar-refractivity contribution in [2.24, 2.45) is 5.84 Å². The molecule has 13 heteroatoms. The fourth-order valence-electron chi connectivity index (χ4n) is 1.23. The molecular formula is C7H8N6O5S2. The molecule has 2 aromatic heterocycles. The minimum Gasteiger partial charge on any atom is -0.314 e. The van der Waals surface area contributed by atoms with E-state index in [2.05, 4.69) is 20.1 Å². The number of anilines is 2. The Morgan fingerprint density at radius 1 is 1.55 bits per heavy atom. The van der Waals surface area contributed by atoms with Gasteiger partial charge in [-0.2, -0.15) is 4.98 Å². The van der Waals surface area contributed by atoms with Gasteiger partial charge in [0.15, 0.2) is 10.8 Å². The highest BCUT2D eigenvalue weighted by Crippen LogP contribution is 2.36. The van der Waals surface area contributed by atoms with Crippen molar-refractivity contribution in [3.63, 3.8) is 0 Å². The van der Waals surface area contributed by atoms with Gasteiger partial charge in [0.2, 0.25) is 0 Å². The van der Waals surface area contributed by atoms with E-state index in [1.165, 1.54) is 6.92 Å². The van der Waals surface area contributed by atoms with Crippen LogP contribution in [0.3, 0.4) is 0 Å². The minimum absolute atomic E-state index is 0.0860. The summed E-state index contributed by atoms with van der Waals surface area (Å²) in [5.74, 6) is 5.34.